The van der Waals surface area contributed by atoms with Gasteiger partial charge >= 0.3 is 0 Å². The number of halogens is 3. The molecule has 0 aliphatic heterocycles. The number of amides is 1. The molecule has 2 aromatic rings. The van der Waals surface area contributed by atoms with Crippen LogP contribution in [-0.4, -0.2) is 11.9 Å². The molecular formula is C18H21Cl3N2O. The third-order valence-corrected chi connectivity index (χ3v) is 4.44. The van der Waals surface area contributed by atoms with Gasteiger partial charge in [-0.1, -0.05) is 60.5 Å². The van der Waals surface area contributed by atoms with Gasteiger partial charge in [0.15, 0.2) is 0 Å². The maximum atomic E-state index is 12.1. The van der Waals surface area contributed by atoms with Crippen LogP contribution in [0.5, 0.6) is 0 Å². The van der Waals surface area contributed by atoms with E-state index in [0.29, 0.717) is 16.6 Å². The Hall–Kier alpha value is -1.26. The summed E-state index contributed by atoms with van der Waals surface area (Å²) in [5.41, 5.74) is 8.62. The number of hydrogen-bond acceptors (Lipinski definition) is 2. The Kier molecular flexibility index (Phi) is 8.04. The van der Waals surface area contributed by atoms with Gasteiger partial charge in [-0.2, -0.15) is 0 Å². The summed E-state index contributed by atoms with van der Waals surface area (Å²) in [7, 11) is 0. The van der Waals surface area contributed by atoms with Crippen LogP contribution in [0.1, 0.15) is 19.4 Å². The van der Waals surface area contributed by atoms with Gasteiger partial charge < -0.3 is 11.1 Å². The summed E-state index contributed by atoms with van der Waals surface area (Å²) in [6.07, 6.45) is 0. The number of hydrogen-bond donors (Lipinski definition) is 2. The molecule has 2 unspecified atom stereocenters. The van der Waals surface area contributed by atoms with Crippen molar-refractivity contribution < 1.29 is 4.79 Å². The van der Waals surface area contributed by atoms with Gasteiger partial charge in [-0.25, -0.2) is 0 Å². The smallest absolute Gasteiger partial charge is 0.224 e. The predicted octanol–water partition coefficient (Wildman–Crippen LogP) is 4.68. The molecule has 0 spiro atoms. The zero-order valence-corrected chi connectivity index (χ0v) is 15.9. The van der Waals surface area contributed by atoms with E-state index in [1.165, 1.54) is 0 Å². The predicted molar refractivity (Wildman–Crippen MR) is 104 cm³/mol. The summed E-state index contributed by atoms with van der Waals surface area (Å²) < 4.78 is 0. The van der Waals surface area contributed by atoms with Crippen LogP contribution < -0.4 is 11.1 Å². The zero-order chi connectivity index (χ0) is 17.0. The maximum absolute atomic E-state index is 12.1. The number of rotatable bonds is 5. The molecule has 2 rings (SSSR count). The largest absolute Gasteiger partial charge is 0.352 e. The Morgan fingerprint density at radius 1 is 1.12 bits per heavy atom. The fraction of sp³-hybridized carbons (Fsp3) is 0.278. The van der Waals surface area contributed by atoms with Crippen LogP contribution in [-0.2, 0) is 11.3 Å². The standard InChI is InChI=1S/C18H20Cl2N2O.ClH/c1-11(12(2)21)18(23)22-10-13-5-3-4-6-15(13)16-8-7-14(19)9-17(16)20;/h3-9,11-12H,10,21H2,1-2H3,(H,22,23);1H. The van der Waals surface area contributed by atoms with E-state index in [9.17, 15) is 4.79 Å². The van der Waals surface area contributed by atoms with E-state index in [1.807, 2.05) is 44.2 Å². The number of carbonyl (C=O) groups is 1. The molecule has 3 N–H and O–H groups in total. The Balaban J connectivity index is 0.00000288. The summed E-state index contributed by atoms with van der Waals surface area (Å²) >= 11 is 12.3. The molecule has 0 aliphatic rings. The monoisotopic (exact) mass is 386 g/mol. The van der Waals surface area contributed by atoms with Crippen molar-refractivity contribution in [3.8, 4) is 11.1 Å². The molecule has 0 radical (unpaired) electrons. The van der Waals surface area contributed by atoms with Gasteiger partial charge in [0.1, 0.15) is 0 Å². The average molecular weight is 388 g/mol. The Morgan fingerprint density at radius 3 is 2.42 bits per heavy atom. The fourth-order valence-corrected chi connectivity index (χ4v) is 2.74. The minimum absolute atomic E-state index is 0. The lowest BCUT2D eigenvalue weighted by Crippen LogP contribution is -2.38. The van der Waals surface area contributed by atoms with Gasteiger partial charge in [0.2, 0.25) is 5.91 Å². The van der Waals surface area contributed by atoms with Crippen molar-refractivity contribution in [2.75, 3.05) is 0 Å². The lowest BCUT2D eigenvalue weighted by atomic mass is 9.99. The molecule has 0 saturated carbocycles. The molecule has 0 aliphatic carbocycles. The third kappa shape index (κ3) is 5.12. The molecule has 130 valence electrons. The lowest BCUT2D eigenvalue weighted by Gasteiger charge is -2.17. The summed E-state index contributed by atoms with van der Waals surface area (Å²) in [5, 5.41) is 4.11. The first kappa shape index (κ1) is 20.8. The van der Waals surface area contributed by atoms with E-state index in [-0.39, 0.29) is 30.3 Å². The van der Waals surface area contributed by atoms with Crippen molar-refractivity contribution >= 4 is 41.5 Å². The highest BCUT2D eigenvalue weighted by atomic mass is 35.5. The van der Waals surface area contributed by atoms with Crippen molar-refractivity contribution in [1.29, 1.82) is 0 Å². The van der Waals surface area contributed by atoms with Gasteiger partial charge in [-0.05, 0) is 30.2 Å². The van der Waals surface area contributed by atoms with Crippen LogP contribution in [0, 0.1) is 5.92 Å². The number of carbonyl (C=O) groups excluding carboxylic acids is 1. The topological polar surface area (TPSA) is 55.1 Å². The van der Waals surface area contributed by atoms with Crippen molar-refractivity contribution in [3.63, 3.8) is 0 Å². The number of benzene rings is 2. The molecule has 0 bridgehead atoms. The fourth-order valence-electron chi connectivity index (χ4n) is 2.23. The highest BCUT2D eigenvalue weighted by Gasteiger charge is 2.17. The van der Waals surface area contributed by atoms with Gasteiger partial charge in [-0.3, -0.25) is 4.79 Å². The van der Waals surface area contributed by atoms with Crippen LogP contribution >= 0.6 is 35.6 Å². The average Bonchev–Trinajstić information content (AvgIpc) is 2.52. The third-order valence-electron chi connectivity index (χ3n) is 3.89. The summed E-state index contributed by atoms with van der Waals surface area (Å²) in [6, 6.07) is 13.0. The van der Waals surface area contributed by atoms with Gasteiger partial charge in [0.05, 0.1) is 0 Å². The summed E-state index contributed by atoms with van der Waals surface area (Å²) in [6.45, 7) is 4.07. The van der Waals surface area contributed by atoms with Crippen LogP contribution in [0.3, 0.4) is 0 Å². The molecule has 0 aromatic heterocycles. The van der Waals surface area contributed by atoms with Gasteiger partial charge in [0.25, 0.3) is 0 Å². The van der Waals surface area contributed by atoms with Crippen LogP contribution in [0.4, 0.5) is 0 Å². The highest BCUT2D eigenvalue weighted by molar-refractivity contribution is 6.36. The molecule has 0 saturated heterocycles. The number of nitrogens with two attached hydrogens (primary N) is 1. The maximum Gasteiger partial charge on any atom is 0.224 e. The second-order valence-corrected chi connectivity index (χ2v) is 6.49. The van der Waals surface area contributed by atoms with Crippen molar-refractivity contribution in [3.05, 3.63) is 58.1 Å². The lowest BCUT2D eigenvalue weighted by molar-refractivity contribution is -0.125. The van der Waals surface area contributed by atoms with E-state index < -0.39 is 0 Å². The first-order valence-corrected chi connectivity index (χ1v) is 8.22. The van der Waals surface area contributed by atoms with Crippen molar-refractivity contribution in [2.45, 2.75) is 26.4 Å². The molecule has 0 heterocycles. The number of nitrogens with one attached hydrogen (secondary N) is 1. The second-order valence-electron chi connectivity index (χ2n) is 5.65. The van der Waals surface area contributed by atoms with E-state index in [4.69, 9.17) is 28.9 Å². The Morgan fingerprint density at radius 2 is 1.79 bits per heavy atom. The summed E-state index contributed by atoms with van der Waals surface area (Å²) in [4.78, 5) is 12.1. The van der Waals surface area contributed by atoms with Crippen molar-refractivity contribution in [2.24, 2.45) is 11.7 Å². The van der Waals surface area contributed by atoms with E-state index >= 15 is 0 Å². The zero-order valence-electron chi connectivity index (χ0n) is 13.6. The SMILES string of the molecule is CC(N)C(C)C(=O)NCc1ccccc1-c1ccc(Cl)cc1Cl.Cl. The molecule has 1 amide bonds. The first-order valence-electron chi connectivity index (χ1n) is 7.46. The molecule has 0 fully saturated rings. The Bertz CT molecular complexity index is 704. The quantitative estimate of drug-likeness (QED) is 0.782. The molecule has 6 heteroatoms. The normalized spacial score (nSPS) is 12.9. The molecule has 3 nitrogen and oxygen atoms in total. The highest BCUT2D eigenvalue weighted by Crippen LogP contribution is 2.32. The van der Waals surface area contributed by atoms with E-state index in [2.05, 4.69) is 5.32 Å². The van der Waals surface area contributed by atoms with Crippen molar-refractivity contribution in [1.82, 2.24) is 5.32 Å². The molecular weight excluding hydrogens is 367 g/mol. The van der Waals surface area contributed by atoms with Gasteiger partial charge in [0, 0.05) is 34.1 Å². The van der Waals surface area contributed by atoms with Gasteiger partial charge in [-0.15, -0.1) is 12.4 Å². The Labute approximate surface area is 158 Å². The molecule has 24 heavy (non-hydrogen) atoms. The first-order chi connectivity index (χ1) is 10.9. The van der Waals surface area contributed by atoms with E-state index in [0.717, 1.165) is 16.7 Å². The molecule has 2 atom stereocenters. The van der Waals surface area contributed by atoms with Crippen LogP contribution in [0.15, 0.2) is 42.5 Å². The minimum atomic E-state index is -0.235. The summed E-state index contributed by atoms with van der Waals surface area (Å²) in [5.74, 6) is -0.293. The van der Waals surface area contributed by atoms with Crippen LogP contribution in [0.25, 0.3) is 11.1 Å². The molecule has 2 aromatic carbocycles. The van der Waals surface area contributed by atoms with Crippen LogP contribution in [0.2, 0.25) is 10.0 Å². The van der Waals surface area contributed by atoms with E-state index in [1.54, 1.807) is 12.1 Å². The minimum Gasteiger partial charge on any atom is -0.352 e. The second kappa shape index (κ2) is 9.28.